The molecule has 3 amide bonds. The fraction of sp³-hybridized carbons (Fsp3) is 0.267. The summed E-state index contributed by atoms with van der Waals surface area (Å²) >= 11 is 1.49. The lowest BCUT2D eigenvalue weighted by molar-refractivity contribution is -0.119. The Labute approximate surface area is 133 Å². The molecule has 0 atom stereocenters. The molecule has 2 rings (SSSR count). The molecule has 1 heterocycles. The Balaban J connectivity index is 2.02. The van der Waals surface area contributed by atoms with Gasteiger partial charge in [-0.15, -0.1) is 6.58 Å². The van der Waals surface area contributed by atoms with E-state index in [1.807, 2.05) is 30.3 Å². The number of imidazole rings is 1. The lowest BCUT2D eigenvalue weighted by atomic mass is 10.3. The van der Waals surface area contributed by atoms with Crippen LogP contribution in [0, 0.1) is 0 Å². The number of carbonyl (C=O) groups is 2. The van der Waals surface area contributed by atoms with Gasteiger partial charge in [0, 0.05) is 25.8 Å². The predicted molar refractivity (Wildman–Crippen MR) is 87.9 cm³/mol. The Hall–Kier alpha value is -2.28. The van der Waals surface area contributed by atoms with Crippen molar-refractivity contribution in [3.63, 3.8) is 0 Å². The molecule has 0 spiro atoms. The summed E-state index contributed by atoms with van der Waals surface area (Å²) in [6, 6.07) is 7.38. The van der Waals surface area contributed by atoms with Gasteiger partial charge in [-0.1, -0.05) is 30.0 Å². The summed E-state index contributed by atoms with van der Waals surface area (Å²) in [6.07, 6.45) is 2.06. The largest absolute Gasteiger partial charge is 0.341 e. The highest BCUT2D eigenvalue weighted by molar-refractivity contribution is 7.99. The van der Waals surface area contributed by atoms with Gasteiger partial charge in [-0.05, 0) is 12.1 Å². The van der Waals surface area contributed by atoms with Crippen LogP contribution < -0.4 is 10.6 Å². The van der Waals surface area contributed by atoms with E-state index < -0.39 is 6.03 Å². The minimum atomic E-state index is -0.492. The van der Waals surface area contributed by atoms with Crippen LogP contribution in [0.5, 0.6) is 0 Å². The SMILES string of the molecule is C=CCn1c(SCCC(=O)NC(=O)NC)nc2ccccc21. The minimum Gasteiger partial charge on any atom is -0.341 e. The van der Waals surface area contributed by atoms with Crippen LogP contribution in [0.2, 0.25) is 0 Å². The van der Waals surface area contributed by atoms with Gasteiger partial charge < -0.3 is 9.88 Å². The lowest BCUT2D eigenvalue weighted by Crippen LogP contribution is -2.37. The molecule has 0 radical (unpaired) electrons. The molecule has 0 saturated heterocycles. The second-order valence-electron chi connectivity index (χ2n) is 4.51. The van der Waals surface area contributed by atoms with E-state index in [9.17, 15) is 9.59 Å². The number of fused-ring (bicyclic) bond motifs is 1. The molecule has 7 heteroatoms. The van der Waals surface area contributed by atoms with E-state index in [4.69, 9.17) is 0 Å². The first-order valence-corrected chi connectivity index (χ1v) is 7.84. The van der Waals surface area contributed by atoms with Crippen molar-refractivity contribution < 1.29 is 9.59 Å². The van der Waals surface area contributed by atoms with Gasteiger partial charge in [0.15, 0.2) is 5.16 Å². The molecule has 0 unspecified atom stereocenters. The summed E-state index contributed by atoms with van der Waals surface area (Å²) in [5.41, 5.74) is 1.96. The number of hydrogen-bond donors (Lipinski definition) is 2. The van der Waals surface area contributed by atoms with E-state index in [-0.39, 0.29) is 12.3 Å². The number of benzene rings is 1. The summed E-state index contributed by atoms with van der Waals surface area (Å²) in [6.45, 7) is 4.43. The summed E-state index contributed by atoms with van der Waals surface area (Å²) in [7, 11) is 1.47. The van der Waals surface area contributed by atoms with Gasteiger partial charge in [-0.2, -0.15) is 0 Å². The maximum absolute atomic E-state index is 11.6. The zero-order valence-electron chi connectivity index (χ0n) is 12.3. The summed E-state index contributed by atoms with van der Waals surface area (Å²) in [5, 5.41) is 5.42. The smallest absolute Gasteiger partial charge is 0.321 e. The van der Waals surface area contributed by atoms with Crippen LogP contribution in [0.4, 0.5) is 4.79 Å². The van der Waals surface area contributed by atoms with Crippen molar-refractivity contribution in [2.75, 3.05) is 12.8 Å². The molecule has 0 saturated carbocycles. The number of nitrogens with zero attached hydrogens (tertiary/aromatic N) is 2. The van der Waals surface area contributed by atoms with Gasteiger partial charge in [-0.3, -0.25) is 10.1 Å². The van der Waals surface area contributed by atoms with Crippen LogP contribution in [-0.2, 0) is 11.3 Å². The summed E-state index contributed by atoms with van der Waals surface area (Å²) < 4.78 is 2.06. The molecule has 116 valence electrons. The number of para-hydroxylation sites is 2. The van der Waals surface area contributed by atoms with E-state index in [2.05, 4.69) is 26.8 Å². The number of allylic oxidation sites excluding steroid dienone is 1. The van der Waals surface area contributed by atoms with Gasteiger partial charge in [0.2, 0.25) is 5.91 Å². The zero-order chi connectivity index (χ0) is 15.9. The van der Waals surface area contributed by atoms with Crippen molar-refractivity contribution in [3.05, 3.63) is 36.9 Å². The number of hydrogen-bond acceptors (Lipinski definition) is 4. The Morgan fingerprint density at radius 2 is 2.18 bits per heavy atom. The molecule has 0 aliphatic carbocycles. The Bertz CT molecular complexity index is 696. The second-order valence-corrected chi connectivity index (χ2v) is 5.57. The second kappa shape index (κ2) is 7.65. The first kappa shape index (κ1) is 16.1. The molecule has 0 aliphatic heterocycles. The van der Waals surface area contributed by atoms with Crippen LogP contribution in [0.15, 0.2) is 42.1 Å². The first-order chi connectivity index (χ1) is 10.7. The topological polar surface area (TPSA) is 76.0 Å². The van der Waals surface area contributed by atoms with E-state index in [1.165, 1.54) is 18.8 Å². The fourth-order valence-electron chi connectivity index (χ4n) is 1.96. The first-order valence-electron chi connectivity index (χ1n) is 6.86. The molecule has 2 N–H and O–H groups in total. The van der Waals surface area contributed by atoms with Crippen LogP contribution in [0.3, 0.4) is 0 Å². The van der Waals surface area contributed by atoms with Crippen LogP contribution in [-0.4, -0.2) is 34.3 Å². The van der Waals surface area contributed by atoms with Crippen molar-refractivity contribution in [3.8, 4) is 0 Å². The quantitative estimate of drug-likeness (QED) is 0.632. The molecule has 22 heavy (non-hydrogen) atoms. The summed E-state index contributed by atoms with van der Waals surface area (Å²) in [4.78, 5) is 27.2. The lowest BCUT2D eigenvalue weighted by Gasteiger charge is -2.06. The number of aromatic nitrogens is 2. The van der Waals surface area contributed by atoms with Crippen molar-refractivity contribution in [2.24, 2.45) is 0 Å². The van der Waals surface area contributed by atoms with E-state index >= 15 is 0 Å². The van der Waals surface area contributed by atoms with Crippen molar-refractivity contribution >= 4 is 34.7 Å². The van der Waals surface area contributed by atoms with Crippen molar-refractivity contribution in [2.45, 2.75) is 18.1 Å². The Kier molecular flexibility index (Phi) is 5.60. The number of urea groups is 1. The van der Waals surface area contributed by atoms with E-state index in [0.29, 0.717) is 12.3 Å². The molecule has 2 aromatic rings. The highest BCUT2D eigenvalue weighted by atomic mass is 32.2. The van der Waals surface area contributed by atoms with Crippen molar-refractivity contribution in [1.82, 2.24) is 20.2 Å². The highest BCUT2D eigenvalue weighted by Gasteiger charge is 2.11. The number of amides is 3. The molecule has 1 aromatic carbocycles. The fourth-order valence-corrected chi connectivity index (χ4v) is 2.92. The number of rotatable bonds is 6. The number of imide groups is 1. The maximum atomic E-state index is 11.6. The monoisotopic (exact) mass is 318 g/mol. The van der Waals surface area contributed by atoms with Gasteiger partial charge in [0.05, 0.1) is 11.0 Å². The molecular weight excluding hydrogens is 300 g/mol. The average molecular weight is 318 g/mol. The standard InChI is InChI=1S/C15H18N4O2S/c1-3-9-19-12-7-5-4-6-11(12)17-15(19)22-10-8-13(20)18-14(21)16-2/h3-7H,1,8-10H2,2H3,(H2,16,18,20,21). The van der Waals surface area contributed by atoms with Crippen LogP contribution in [0.1, 0.15) is 6.42 Å². The molecular formula is C15H18N4O2S. The van der Waals surface area contributed by atoms with Crippen LogP contribution in [0.25, 0.3) is 11.0 Å². The third-order valence-electron chi connectivity index (χ3n) is 2.97. The third-order valence-corrected chi connectivity index (χ3v) is 3.95. The molecule has 0 fully saturated rings. The average Bonchev–Trinajstić information content (AvgIpc) is 2.85. The van der Waals surface area contributed by atoms with Gasteiger partial charge in [0.1, 0.15) is 0 Å². The third kappa shape index (κ3) is 3.88. The number of thioether (sulfide) groups is 1. The highest BCUT2D eigenvalue weighted by Crippen LogP contribution is 2.24. The normalized spacial score (nSPS) is 10.4. The Morgan fingerprint density at radius 3 is 2.91 bits per heavy atom. The molecule has 0 aliphatic rings. The van der Waals surface area contributed by atoms with E-state index in [1.54, 1.807) is 0 Å². The van der Waals surface area contributed by atoms with Crippen LogP contribution >= 0.6 is 11.8 Å². The Morgan fingerprint density at radius 1 is 1.41 bits per heavy atom. The number of nitrogens with one attached hydrogen (secondary N) is 2. The van der Waals surface area contributed by atoms with Gasteiger partial charge in [-0.25, -0.2) is 9.78 Å². The molecule has 1 aromatic heterocycles. The molecule has 6 nitrogen and oxygen atoms in total. The molecule has 0 bridgehead atoms. The minimum absolute atomic E-state index is 0.245. The maximum Gasteiger partial charge on any atom is 0.321 e. The zero-order valence-corrected chi connectivity index (χ0v) is 13.2. The van der Waals surface area contributed by atoms with Crippen molar-refractivity contribution in [1.29, 1.82) is 0 Å². The number of carbonyl (C=O) groups excluding carboxylic acids is 2. The van der Waals surface area contributed by atoms with Gasteiger partial charge >= 0.3 is 6.03 Å². The summed E-state index contributed by atoms with van der Waals surface area (Å²) in [5.74, 6) is 0.238. The van der Waals surface area contributed by atoms with E-state index in [0.717, 1.165) is 16.2 Å². The van der Waals surface area contributed by atoms with Gasteiger partial charge in [0.25, 0.3) is 0 Å². The predicted octanol–water partition coefficient (Wildman–Crippen LogP) is 2.16.